The first-order valence-electron chi connectivity index (χ1n) is 7.52. The second-order valence-corrected chi connectivity index (χ2v) is 6.87. The van der Waals surface area contributed by atoms with Gasteiger partial charge >= 0.3 is 6.03 Å². The van der Waals surface area contributed by atoms with Crippen LogP contribution in [0.4, 0.5) is 10.5 Å². The lowest BCUT2D eigenvalue weighted by molar-refractivity contribution is 0.252. The van der Waals surface area contributed by atoms with Gasteiger partial charge < -0.3 is 16.0 Å². The van der Waals surface area contributed by atoms with Crippen LogP contribution in [-0.4, -0.2) is 30.1 Å². The topological polar surface area (TPSA) is 53.2 Å². The number of rotatable bonds is 7. The molecule has 1 aromatic rings. The standard InChI is InChI=1S/C16H25N3OS/c1-4-17-12(2)13-6-5-7-14(10-13)19-15(20)18-11-16(21-3)8-9-16/h5-7,10,12,17H,4,8-9,11H2,1-3H3,(H2,18,19,20). The Bertz CT molecular complexity index is 488. The van der Waals surface area contributed by atoms with Crippen LogP contribution in [0.2, 0.25) is 0 Å². The predicted molar refractivity (Wildman–Crippen MR) is 91.0 cm³/mol. The van der Waals surface area contributed by atoms with E-state index in [9.17, 15) is 4.79 Å². The van der Waals surface area contributed by atoms with E-state index in [1.165, 1.54) is 18.4 Å². The lowest BCUT2D eigenvalue weighted by Crippen LogP contribution is -2.35. The molecule has 1 aliphatic rings. The Morgan fingerprint density at radius 2 is 2.19 bits per heavy atom. The molecule has 0 saturated heterocycles. The minimum absolute atomic E-state index is 0.122. The Labute approximate surface area is 131 Å². The summed E-state index contributed by atoms with van der Waals surface area (Å²) < 4.78 is 0.290. The number of anilines is 1. The monoisotopic (exact) mass is 307 g/mol. The number of thioether (sulfide) groups is 1. The van der Waals surface area contributed by atoms with Crippen LogP contribution in [-0.2, 0) is 0 Å². The van der Waals surface area contributed by atoms with E-state index >= 15 is 0 Å². The number of amides is 2. The zero-order chi connectivity index (χ0) is 15.3. The average molecular weight is 307 g/mol. The third kappa shape index (κ3) is 4.64. The number of carbonyl (C=O) groups excluding carboxylic acids is 1. The van der Waals surface area contributed by atoms with Crippen molar-refractivity contribution >= 4 is 23.5 Å². The van der Waals surface area contributed by atoms with Crippen LogP contribution < -0.4 is 16.0 Å². The molecule has 1 saturated carbocycles. The Balaban J connectivity index is 1.87. The summed E-state index contributed by atoms with van der Waals surface area (Å²) in [5, 5.41) is 9.26. The van der Waals surface area contributed by atoms with Crippen LogP contribution in [0.5, 0.6) is 0 Å². The van der Waals surface area contributed by atoms with E-state index in [0.717, 1.165) is 18.8 Å². The molecule has 0 aromatic heterocycles. The Morgan fingerprint density at radius 3 is 2.81 bits per heavy atom. The second-order valence-electron chi connectivity index (χ2n) is 5.60. The molecule has 1 aliphatic carbocycles. The highest BCUT2D eigenvalue weighted by Gasteiger charge is 2.41. The summed E-state index contributed by atoms with van der Waals surface area (Å²) in [4.78, 5) is 12.0. The quantitative estimate of drug-likeness (QED) is 0.724. The summed E-state index contributed by atoms with van der Waals surface area (Å²) in [5.74, 6) is 0. The van der Waals surface area contributed by atoms with Crippen LogP contribution in [0.1, 0.15) is 38.3 Å². The highest BCUT2D eigenvalue weighted by atomic mass is 32.2. The molecule has 0 heterocycles. The molecule has 1 atom stereocenters. The zero-order valence-corrected chi connectivity index (χ0v) is 13.8. The van der Waals surface area contributed by atoms with Crippen LogP contribution in [0.15, 0.2) is 24.3 Å². The molecular formula is C16H25N3OS. The predicted octanol–water partition coefficient (Wildman–Crippen LogP) is 3.37. The fourth-order valence-corrected chi connectivity index (χ4v) is 3.05. The van der Waals surface area contributed by atoms with Gasteiger partial charge in [0.05, 0.1) is 0 Å². The van der Waals surface area contributed by atoms with Gasteiger partial charge in [-0.3, -0.25) is 0 Å². The normalized spacial score (nSPS) is 17.1. The molecule has 5 heteroatoms. The first-order chi connectivity index (χ1) is 10.1. The first-order valence-corrected chi connectivity index (χ1v) is 8.74. The van der Waals surface area contributed by atoms with Crippen LogP contribution in [0.3, 0.4) is 0 Å². The molecule has 21 heavy (non-hydrogen) atoms. The smallest absolute Gasteiger partial charge is 0.319 e. The van der Waals surface area contributed by atoms with Gasteiger partial charge in [0.2, 0.25) is 0 Å². The third-order valence-corrected chi connectivity index (χ3v) is 5.39. The first kappa shape index (κ1) is 16.2. The van der Waals surface area contributed by atoms with E-state index in [4.69, 9.17) is 0 Å². The summed E-state index contributed by atoms with van der Waals surface area (Å²) in [6.45, 7) is 5.88. The minimum Gasteiger partial charge on any atom is -0.336 e. The molecular weight excluding hydrogens is 282 g/mol. The summed E-state index contributed by atoms with van der Waals surface area (Å²) >= 11 is 1.85. The molecule has 0 spiro atoms. The largest absolute Gasteiger partial charge is 0.336 e. The Morgan fingerprint density at radius 1 is 1.43 bits per heavy atom. The number of carbonyl (C=O) groups is 1. The van der Waals surface area contributed by atoms with E-state index in [1.807, 2.05) is 30.0 Å². The Kier molecular flexibility index (Phi) is 5.53. The van der Waals surface area contributed by atoms with Gasteiger partial charge in [-0.25, -0.2) is 4.79 Å². The van der Waals surface area contributed by atoms with Crippen LogP contribution >= 0.6 is 11.8 Å². The molecule has 4 nitrogen and oxygen atoms in total. The number of benzene rings is 1. The van der Waals surface area contributed by atoms with Crippen molar-refractivity contribution in [2.75, 3.05) is 24.7 Å². The summed E-state index contributed by atoms with van der Waals surface area (Å²) in [7, 11) is 0. The van der Waals surface area contributed by atoms with Crippen molar-refractivity contribution in [2.24, 2.45) is 0 Å². The number of nitrogens with one attached hydrogen (secondary N) is 3. The SMILES string of the molecule is CCNC(C)c1cccc(NC(=O)NCC2(SC)CC2)c1. The van der Waals surface area contributed by atoms with Crippen molar-refractivity contribution < 1.29 is 4.79 Å². The third-order valence-electron chi connectivity index (χ3n) is 3.97. The summed E-state index contributed by atoms with van der Waals surface area (Å²) in [6.07, 6.45) is 4.51. The Hall–Kier alpha value is -1.20. The van der Waals surface area contributed by atoms with Crippen molar-refractivity contribution in [1.82, 2.24) is 10.6 Å². The molecule has 1 unspecified atom stereocenters. The fourth-order valence-electron chi connectivity index (χ4n) is 2.32. The van der Waals surface area contributed by atoms with Gasteiger partial charge in [0, 0.05) is 23.0 Å². The van der Waals surface area contributed by atoms with Gasteiger partial charge in [0.25, 0.3) is 0 Å². The molecule has 0 aliphatic heterocycles. The number of hydrogen-bond acceptors (Lipinski definition) is 3. The molecule has 0 bridgehead atoms. The van der Waals surface area contributed by atoms with E-state index in [1.54, 1.807) is 0 Å². The molecule has 2 amide bonds. The van der Waals surface area contributed by atoms with Crippen molar-refractivity contribution in [2.45, 2.75) is 37.5 Å². The average Bonchev–Trinajstić information content (AvgIpc) is 3.26. The fraction of sp³-hybridized carbons (Fsp3) is 0.562. The van der Waals surface area contributed by atoms with E-state index in [2.05, 4.69) is 42.1 Å². The maximum Gasteiger partial charge on any atom is 0.319 e. The highest BCUT2D eigenvalue weighted by molar-refractivity contribution is 8.00. The van der Waals surface area contributed by atoms with Crippen molar-refractivity contribution in [1.29, 1.82) is 0 Å². The van der Waals surface area contributed by atoms with E-state index in [0.29, 0.717) is 4.75 Å². The van der Waals surface area contributed by atoms with Gasteiger partial charge in [-0.1, -0.05) is 19.1 Å². The van der Waals surface area contributed by atoms with E-state index < -0.39 is 0 Å². The molecule has 2 rings (SSSR count). The number of hydrogen-bond donors (Lipinski definition) is 3. The lowest BCUT2D eigenvalue weighted by Gasteiger charge is -2.16. The van der Waals surface area contributed by atoms with Crippen molar-refractivity contribution in [3.05, 3.63) is 29.8 Å². The summed E-state index contributed by atoms with van der Waals surface area (Å²) in [6, 6.07) is 8.15. The number of urea groups is 1. The molecule has 116 valence electrons. The highest BCUT2D eigenvalue weighted by Crippen LogP contribution is 2.46. The lowest BCUT2D eigenvalue weighted by atomic mass is 10.1. The maximum atomic E-state index is 12.0. The molecule has 0 radical (unpaired) electrons. The maximum absolute atomic E-state index is 12.0. The molecule has 1 aromatic carbocycles. The van der Waals surface area contributed by atoms with Gasteiger partial charge in [-0.15, -0.1) is 0 Å². The van der Waals surface area contributed by atoms with Gasteiger partial charge in [-0.05, 0) is 50.3 Å². The van der Waals surface area contributed by atoms with Gasteiger partial charge in [-0.2, -0.15) is 11.8 Å². The van der Waals surface area contributed by atoms with Crippen molar-refractivity contribution in [3.63, 3.8) is 0 Å². The van der Waals surface area contributed by atoms with Crippen molar-refractivity contribution in [3.8, 4) is 0 Å². The zero-order valence-electron chi connectivity index (χ0n) is 13.0. The second kappa shape index (κ2) is 7.18. The van der Waals surface area contributed by atoms with Crippen LogP contribution in [0, 0.1) is 0 Å². The van der Waals surface area contributed by atoms with E-state index in [-0.39, 0.29) is 12.1 Å². The van der Waals surface area contributed by atoms with Crippen LogP contribution in [0.25, 0.3) is 0 Å². The molecule has 3 N–H and O–H groups in total. The summed E-state index contributed by atoms with van der Waals surface area (Å²) in [5.41, 5.74) is 2.01. The van der Waals surface area contributed by atoms with Gasteiger partial charge in [0.1, 0.15) is 0 Å². The molecule has 1 fully saturated rings. The minimum atomic E-state index is -0.122. The van der Waals surface area contributed by atoms with Gasteiger partial charge in [0.15, 0.2) is 0 Å².